The van der Waals surface area contributed by atoms with Gasteiger partial charge in [0, 0.05) is 36.9 Å². The van der Waals surface area contributed by atoms with E-state index in [0.717, 1.165) is 32.4 Å². The van der Waals surface area contributed by atoms with E-state index in [4.69, 9.17) is 9.72 Å². The summed E-state index contributed by atoms with van der Waals surface area (Å²) in [5.41, 5.74) is 1.34. The second kappa shape index (κ2) is 10.4. The number of ether oxygens (including phenoxy) is 1. The van der Waals surface area contributed by atoms with Crippen molar-refractivity contribution < 1.29 is 18.3 Å². The highest BCUT2D eigenvalue weighted by atomic mass is 31.0. The number of rotatable bonds is 5. The Morgan fingerprint density at radius 2 is 2.20 bits per heavy atom. The predicted molar refractivity (Wildman–Crippen MR) is 142 cm³/mol. The van der Waals surface area contributed by atoms with Gasteiger partial charge in [0.25, 0.3) is 0 Å². The maximum atomic E-state index is 15.2. The molecule has 35 heavy (non-hydrogen) atoms. The molecule has 3 fully saturated rings. The van der Waals surface area contributed by atoms with Crippen LogP contribution in [0.1, 0.15) is 44.4 Å². The van der Waals surface area contributed by atoms with Crippen LogP contribution in [-0.4, -0.2) is 48.2 Å². The minimum Gasteiger partial charge on any atom is -0.437 e. The van der Waals surface area contributed by atoms with Crippen molar-refractivity contribution in [2.45, 2.75) is 56.7 Å². The lowest BCUT2D eigenvalue weighted by Gasteiger charge is -2.40. The van der Waals surface area contributed by atoms with Gasteiger partial charge in [-0.2, -0.15) is 0 Å². The third-order valence-electron chi connectivity index (χ3n) is 6.62. The number of piperazine rings is 1. The lowest BCUT2D eigenvalue weighted by Crippen LogP contribution is -2.55. The van der Waals surface area contributed by atoms with Crippen LogP contribution in [0.3, 0.4) is 0 Å². The summed E-state index contributed by atoms with van der Waals surface area (Å²) < 4.78 is 34.4. The average Bonchev–Trinajstić information content (AvgIpc) is 3.26. The number of carbonyl (C=O) groups is 1. The van der Waals surface area contributed by atoms with Gasteiger partial charge in [0.15, 0.2) is 6.10 Å². The molecule has 1 aromatic rings. The molecule has 1 aromatic heterocycles. The molecule has 11 heteroatoms. The van der Waals surface area contributed by atoms with Gasteiger partial charge in [0.05, 0.1) is 5.69 Å². The smallest absolute Gasteiger partial charge is 0.413 e. The van der Waals surface area contributed by atoms with Crippen LogP contribution in [-0.2, 0) is 10.1 Å². The van der Waals surface area contributed by atoms with E-state index in [1.807, 2.05) is 9.24 Å². The van der Waals surface area contributed by atoms with Gasteiger partial charge < -0.3 is 15.0 Å². The number of allylic oxidation sites excluding steroid dienone is 1. The molecule has 1 amide bonds. The van der Waals surface area contributed by atoms with Crippen molar-refractivity contribution in [3.05, 3.63) is 53.4 Å². The number of hydrogen-bond donors (Lipinski definition) is 2. The van der Waals surface area contributed by atoms with Crippen LogP contribution in [0.15, 0.2) is 47.1 Å². The number of pyridine rings is 1. The highest BCUT2D eigenvalue weighted by Gasteiger charge is 2.37. The van der Waals surface area contributed by atoms with E-state index in [-0.39, 0.29) is 5.84 Å². The summed E-state index contributed by atoms with van der Waals surface area (Å²) in [5, 5.41) is 4.44. The normalized spacial score (nSPS) is 29.3. The summed E-state index contributed by atoms with van der Waals surface area (Å²) in [6.07, 6.45) is 3.93. The Labute approximate surface area is 209 Å². The molecule has 1 saturated carbocycles. The largest absolute Gasteiger partial charge is 0.437 e. The van der Waals surface area contributed by atoms with Crippen LogP contribution in [0.4, 0.5) is 19.4 Å². The van der Waals surface area contributed by atoms with Crippen LogP contribution in [0, 0.1) is 0 Å². The second-order valence-electron chi connectivity index (χ2n) is 9.13. The summed E-state index contributed by atoms with van der Waals surface area (Å²) in [7, 11) is 4.18. The van der Waals surface area contributed by atoms with E-state index in [2.05, 4.69) is 36.3 Å². The van der Waals surface area contributed by atoms with Gasteiger partial charge in [-0.15, -0.1) is 0 Å². The number of nitrogens with zero attached hydrogens (tertiary/aromatic N) is 3. The SMILES string of the molecule is C=CN=C1NC(=O)OC(C=C(F)P)/C1=C(/C)c1cc(C(C)(F)P)cc(N2CCNC3CCCC32)n1. The number of amides is 1. The van der Waals surface area contributed by atoms with Gasteiger partial charge >= 0.3 is 6.09 Å². The first kappa shape index (κ1) is 25.9. The first-order valence-corrected chi connectivity index (χ1v) is 12.7. The Hall–Kier alpha value is -2.21. The molecular formula is C24H31F2N5O2P2. The van der Waals surface area contributed by atoms with E-state index in [1.165, 1.54) is 19.2 Å². The molecule has 0 aromatic carbocycles. The van der Waals surface area contributed by atoms with Gasteiger partial charge in [0.2, 0.25) is 0 Å². The number of cyclic esters (lactones) is 1. The fourth-order valence-corrected chi connectivity index (χ4v) is 5.34. The molecule has 3 aliphatic rings. The molecule has 2 saturated heterocycles. The van der Waals surface area contributed by atoms with Crippen molar-refractivity contribution in [2.24, 2.45) is 4.99 Å². The zero-order valence-corrected chi connectivity index (χ0v) is 22.2. The predicted octanol–water partition coefficient (Wildman–Crippen LogP) is 4.54. The van der Waals surface area contributed by atoms with E-state index >= 15 is 4.39 Å². The Bertz CT molecular complexity index is 1110. The van der Waals surface area contributed by atoms with Gasteiger partial charge in [-0.25, -0.2) is 23.6 Å². The van der Waals surface area contributed by atoms with Crippen molar-refractivity contribution >= 4 is 41.8 Å². The van der Waals surface area contributed by atoms with Gasteiger partial charge in [-0.1, -0.05) is 25.1 Å². The van der Waals surface area contributed by atoms with E-state index in [0.29, 0.717) is 40.3 Å². The van der Waals surface area contributed by atoms with Crippen LogP contribution in [0.5, 0.6) is 0 Å². The van der Waals surface area contributed by atoms with E-state index < -0.39 is 23.2 Å². The number of aliphatic imine (C=N–C) groups is 1. The molecule has 188 valence electrons. The van der Waals surface area contributed by atoms with Crippen LogP contribution < -0.4 is 15.5 Å². The molecule has 2 N–H and O–H groups in total. The Kier molecular flexibility index (Phi) is 7.70. The summed E-state index contributed by atoms with van der Waals surface area (Å²) in [6, 6.07) is 4.15. The molecule has 4 rings (SSSR count). The van der Waals surface area contributed by atoms with Crippen LogP contribution >= 0.6 is 18.5 Å². The summed E-state index contributed by atoms with van der Waals surface area (Å²) >= 11 is 0. The Morgan fingerprint density at radius 1 is 1.43 bits per heavy atom. The number of anilines is 1. The fraction of sp³-hybridized carbons (Fsp3) is 0.458. The van der Waals surface area contributed by atoms with Crippen molar-refractivity contribution in [1.29, 1.82) is 0 Å². The molecule has 6 unspecified atom stereocenters. The quantitative estimate of drug-likeness (QED) is 0.557. The maximum Gasteiger partial charge on any atom is 0.413 e. The van der Waals surface area contributed by atoms with Crippen LogP contribution in [0.2, 0.25) is 0 Å². The lowest BCUT2D eigenvalue weighted by atomic mass is 9.96. The highest BCUT2D eigenvalue weighted by Crippen LogP contribution is 2.38. The zero-order valence-electron chi connectivity index (χ0n) is 19.9. The molecule has 0 radical (unpaired) electrons. The topological polar surface area (TPSA) is 78.8 Å². The molecule has 1 aliphatic carbocycles. The number of carbonyl (C=O) groups excluding carboxylic acids is 1. The third-order valence-corrected chi connectivity index (χ3v) is 7.15. The monoisotopic (exact) mass is 521 g/mol. The first-order valence-electron chi connectivity index (χ1n) is 11.6. The molecular weight excluding hydrogens is 490 g/mol. The number of alkyl carbamates (subject to hydrolysis) is 1. The molecule has 7 nitrogen and oxygen atoms in total. The van der Waals surface area contributed by atoms with Crippen molar-refractivity contribution in [3.63, 3.8) is 0 Å². The number of hydrogen-bond acceptors (Lipinski definition) is 6. The summed E-state index contributed by atoms with van der Waals surface area (Å²) in [5.74, 6) is 0.872. The summed E-state index contributed by atoms with van der Waals surface area (Å²) in [4.78, 5) is 23.4. The number of aromatic nitrogens is 1. The highest BCUT2D eigenvalue weighted by molar-refractivity contribution is 7.22. The minimum absolute atomic E-state index is 0.182. The standard InChI is InChI=1S/C24H31F2N5O2P2/c1-4-27-22-21(18(12-19(25)34)33-23(32)30-22)13(2)16-10-14(24(3,26)35)11-20(29-16)31-9-8-28-15-6-5-7-17(15)31/h4,10-12,15,17-18,28H,1,5-9,34-35H2,2-3H3,(H,27,30,32)/b19-12?,21-13+. The first-order chi connectivity index (χ1) is 16.6. The molecule has 0 spiro atoms. The number of nitrogens with one attached hydrogen (secondary N) is 2. The number of fused-ring (bicyclic) bond motifs is 1. The number of amidine groups is 1. The number of alkyl halides is 1. The fourth-order valence-electron chi connectivity index (χ4n) is 5.00. The minimum atomic E-state index is -1.69. The van der Waals surface area contributed by atoms with Crippen molar-refractivity contribution in [2.75, 3.05) is 18.0 Å². The Morgan fingerprint density at radius 3 is 2.89 bits per heavy atom. The number of halogens is 2. The summed E-state index contributed by atoms with van der Waals surface area (Å²) in [6.45, 7) is 8.45. The van der Waals surface area contributed by atoms with Gasteiger partial charge in [-0.3, -0.25) is 5.32 Å². The maximum absolute atomic E-state index is 15.2. The molecule has 2 aliphatic heterocycles. The van der Waals surface area contributed by atoms with E-state index in [1.54, 1.807) is 19.1 Å². The average molecular weight is 521 g/mol. The zero-order chi connectivity index (χ0) is 25.3. The molecule has 6 atom stereocenters. The van der Waals surface area contributed by atoms with Gasteiger partial charge in [0.1, 0.15) is 22.6 Å². The van der Waals surface area contributed by atoms with Crippen molar-refractivity contribution in [1.82, 2.24) is 15.6 Å². The van der Waals surface area contributed by atoms with Crippen molar-refractivity contribution in [3.8, 4) is 0 Å². The van der Waals surface area contributed by atoms with E-state index in [9.17, 15) is 9.18 Å². The lowest BCUT2D eigenvalue weighted by molar-refractivity contribution is 0.134. The van der Waals surface area contributed by atoms with Gasteiger partial charge in [-0.05, 0) is 62.5 Å². The molecule has 0 bridgehead atoms. The van der Waals surface area contributed by atoms with Crippen LogP contribution in [0.25, 0.3) is 5.57 Å². The Balaban J connectivity index is 1.88. The third kappa shape index (κ3) is 5.63. The second-order valence-corrected chi connectivity index (χ2v) is 10.8. The molecule has 3 heterocycles.